The molecule has 1 aromatic rings. The molecule has 0 amide bonds. The lowest BCUT2D eigenvalue weighted by Gasteiger charge is -2.43. The molecule has 3 aliphatic heterocycles. The van der Waals surface area contributed by atoms with Gasteiger partial charge in [-0.05, 0) is 68.6 Å². The van der Waals surface area contributed by atoms with Gasteiger partial charge in [0.15, 0.2) is 0 Å². The molecule has 7 heteroatoms. The Bertz CT molecular complexity index is 657. The van der Waals surface area contributed by atoms with Crippen LogP contribution in [-0.2, 0) is 4.74 Å². The van der Waals surface area contributed by atoms with Gasteiger partial charge in [0, 0.05) is 24.1 Å². The number of nitrogens with zero attached hydrogens (tertiary/aromatic N) is 1. The summed E-state index contributed by atoms with van der Waals surface area (Å²) < 4.78 is 5.82. The molecule has 0 radical (unpaired) electrons. The van der Waals surface area contributed by atoms with Crippen molar-refractivity contribution in [2.75, 3.05) is 37.0 Å². The predicted molar refractivity (Wildman–Crippen MR) is 108 cm³/mol. The summed E-state index contributed by atoms with van der Waals surface area (Å²) in [6.45, 7) is 2.92. The molecule has 0 spiro atoms. The number of carboxylic acids is 1. The maximum absolute atomic E-state index is 12.2. The van der Waals surface area contributed by atoms with Crippen molar-refractivity contribution in [3.63, 3.8) is 0 Å². The average molecular weight is 397 g/mol. The molecule has 4 rings (SSSR count). The largest absolute Gasteiger partial charge is 0.478 e. The van der Waals surface area contributed by atoms with Crippen LogP contribution in [0, 0.1) is 0 Å². The lowest BCUT2D eigenvalue weighted by Crippen LogP contribution is -2.42. The first kappa shape index (κ1) is 18.6. The molecule has 0 aromatic carbocycles. The highest BCUT2D eigenvalue weighted by molar-refractivity contribution is 7.98. The van der Waals surface area contributed by atoms with Crippen molar-refractivity contribution in [1.29, 1.82) is 0 Å². The summed E-state index contributed by atoms with van der Waals surface area (Å²) in [4.78, 5) is 16.1. The van der Waals surface area contributed by atoms with Gasteiger partial charge in [0.1, 0.15) is 11.2 Å². The molecule has 4 atom stereocenters. The zero-order valence-electron chi connectivity index (χ0n) is 15.3. The number of ether oxygens (including phenoxy) is 1. The number of rotatable bonds is 6. The van der Waals surface area contributed by atoms with E-state index in [1.54, 1.807) is 11.3 Å². The molecule has 144 valence electrons. The summed E-state index contributed by atoms with van der Waals surface area (Å²) in [6, 6.07) is 0.375. The Kier molecular flexibility index (Phi) is 5.78. The van der Waals surface area contributed by atoms with E-state index in [2.05, 4.69) is 16.5 Å². The van der Waals surface area contributed by atoms with E-state index in [0.717, 1.165) is 68.1 Å². The lowest BCUT2D eigenvalue weighted by atomic mass is 9.81. The maximum Gasteiger partial charge on any atom is 0.339 e. The number of nitrogens with one attached hydrogen (secondary N) is 1. The van der Waals surface area contributed by atoms with Crippen molar-refractivity contribution < 1.29 is 14.6 Å². The monoisotopic (exact) mass is 396 g/mol. The molecule has 4 unspecified atom stereocenters. The number of carbonyl (C=O) groups is 1. The van der Waals surface area contributed by atoms with E-state index >= 15 is 0 Å². The summed E-state index contributed by atoms with van der Waals surface area (Å²) in [5.41, 5.74) is 1.66. The van der Waals surface area contributed by atoms with Gasteiger partial charge in [0.2, 0.25) is 0 Å². The van der Waals surface area contributed by atoms with E-state index < -0.39 is 5.97 Å². The van der Waals surface area contributed by atoms with Gasteiger partial charge in [-0.3, -0.25) is 4.90 Å². The number of anilines is 1. The van der Waals surface area contributed by atoms with Crippen LogP contribution in [0.1, 0.15) is 71.3 Å². The van der Waals surface area contributed by atoms with Crippen molar-refractivity contribution >= 4 is 34.1 Å². The fourth-order valence-corrected chi connectivity index (χ4v) is 6.61. The molecule has 2 fully saturated rings. The second-order valence-electron chi connectivity index (χ2n) is 7.52. The van der Waals surface area contributed by atoms with Crippen molar-refractivity contribution in [1.82, 2.24) is 4.90 Å². The predicted octanol–water partition coefficient (Wildman–Crippen LogP) is 4.37. The van der Waals surface area contributed by atoms with Crippen LogP contribution in [0.3, 0.4) is 0 Å². The third-order valence-corrected chi connectivity index (χ3v) is 7.74. The summed E-state index contributed by atoms with van der Waals surface area (Å²) in [6.07, 6.45) is 8.65. The number of hydrogen-bond donors (Lipinski definition) is 2. The quantitative estimate of drug-likeness (QED) is 0.744. The molecule has 26 heavy (non-hydrogen) atoms. The Labute approximate surface area is 163 Å². The highest BCUT2D eigenvalue weighted by Crippen LogP contribution is 2.51. The molecule has 2 bridgehead atoms. The van der Waals surface area contributed by atoms with E-state index in [9.17, 15) is 9.90 Å². The van der Waals surface area contributed by atoms with E-state index in [0.29, 0.717) is 17.5 Å². The molecule has 2 saturated heterocycles. The SMILES string of the molecule is CSCCC1c2sc(NC3CCCCO3)c(C(=O)O)c2C2CCCN1C2. The van der Waals surface area contributed by atoms with Gasteiger partial charge >= 0.3 is 5.97 Å². The van der Waals surface area contributed by atoms with Crippen molar-refractivity contribution in [3.8, 4) is 0 Å². The highest BCUT2D eigenvalue weighted by Gasteiger charge is 2.41. The first-order valence-corrected chi connectivity index (χ1v) is 11.9. The number of thioether (sulfide) groups is 1. The number of fused-ring (bicyclic) bond motifs is 4. The minimum Gasteiger partial charge on any atom is -0.478 e. The number of piperidine rings is 1. The zero-order valence-corrected chi connectivity index (χ0v) is 17.0. The number of carboxylic acid groups (broad SMARTS) is 1. The number of thiophene rings is 1. The Balaban J connectivity index is 1.71. The van der Waals surface area contributed by atoms with Crippen LogP contribution >= 0.6 is 23.1 Å². The molecule has 3 aliphatic rings. The van der Waals surface area contributed by atoms with Gasteiger partial charge in [0.25, 0.3) is 0 Å². The highest BCUT2D eigenvalue weighted by atomic mass is 32.2. The van der Waals surface area contributed by atoms with Gasteiger partial charge in [-0.1, -0.05) is 0 Å². The third-order valence-electron chi connectivity index (χ3n) is 5.86. The molecule has 1 aromatic heterocycles. The fraction of sp³-hybridized carbons (Fsp3) is 0.737. The van der Waals surface area contributed by atoms with Crippen LogP contribution in [0.25, 0.3) is 0 Å². The van der Waals surface area contributed by atoms with Gasteiger partial charge in [0.05, 0.1) is 5.56 Å². The van der Waals surface area contributed by atoms with E-state index in [1.807, 2.05) is 11.8 Å². The average Bonchev–Trinajstić information content (AvgIpc) is 3.02. The molecular weight excluding hydrogens is 368 g/mol. The van der Waals surface area contributed by atoms with Crippen LogP contribution in [0.5, 0.6) is 0 Å². The second-order valence-corrected chi connectivity index (χ2v) is 9.56. The lowest BCUT2D eigenvalue weighted by molar-refractivity contribution is 0.0344. The van der Waals surface area contributed by atoms with Gasteiger partial charge in [-0.25, -0.2) is 4.79 Å². The second kappa shape index (κ2) is 8.09. The van der Waals surface area contributed by atoms with Crippen molar-refractivity contribution in [2.24, 2.45) is 0 Å². The molecular formula is C19H28N2O3S2. The maximum atomic E-state index is 12.2. The number of hydrogen-bond acceptors (Lipinski definition) is 6. The van der Waals surface area contributed by atoms with Crippen LogP contribution in [-0.4, -0.2) is 53.9 Å². The normalized spacial score (nSPS) is 30.7. The minimum absolute atomic E-state index is 0.0497. The Morgan fingerprint density at radius 2 is 2.27 bits per heavy atom. The molecule has 0 aliphatic carbocycles. The van der Waals surface area contributed by atoms with Crippen LogP contribution in [0.15, 0.2) is 0 Å². The van der Waals surface area contributed by atoms with Gasteiger partial charge in [-0.15, -0.1) is 11.3 Å². The molecule has 2 N–H and O–H groups in total. The number of aromatic carboxylic acids is 1. The van der Waals surface area contributed by atoms with E-state index in [4.69, 9.17) is 4.74 Å². The Hall–Kier alpha value is -0.760. The Morgan fingerprint density at radius 1 is 1.38 bits per heavy atom. The van der Waals surface area contributed by atoms with Gasteiger partial charge in [-0.2, -0.15) is 11.8 Å². The van der Waals surface area contributed by atoms with Crippen LogP contribution < -0.4 is 5.32 Å². The summed E-state index contributed by atoms with van der Waals surface area (Å²) in [5.74, 6) is 0.693. The molecule has 5 nitrogen and oxygen atoms in total. The fourth-order valence-electron chi connectivity index (χ4n) is 4.66. The molecule has 0 saturated carbocycles. The molecule has 4 heterocycles. The van der Waals surface area contributed by atoms with Gasteiger partial charge < -0.3 is 15.2 Å². The minimum atomic E-state index is -0.788. The van der Waals surface area contributed by atoms with Crippen molar-refractivity contribution in [2.45, 2.75) is 56.7 Å². The zero-order chi connectivity index (χ0) is 18.1. The summed E-state index contributed by atoms with van der Waals surface area (Å²) >= 11 is 3.55. The third kappa shape index (κ3) is 3.51. The van der Waals surface area contributed by atoms with E-state index in [-0.39, 0.29) is 6.23 Å². The first-order valence-electron chi connectivity index (χ1n) is 9.70. The topological polar surface area (TPSA) is 61.8 Å². The smallest absolute Gasteiger partial charge is 0.339 e. The Morgan fingerprint density at radius 3 is 3.00 bits per heavy atom. The summed E-state index contributed by atoms with van der Waals surface area (Å²) in [7, 11) is 0. The van der Waals surface area contributed by atoms with Crippen LogP contribution in [0.2, 0.25) is 0 Å². The first-order chi connectivity index (χ1) is 12.7. The van der Waals surface area contributed by atoms with Crippen molar-refractivity contribution in [3.05, 3.63) is 16.0 Å². The standard InChI is InChI=1S/C19H28N2O3S2/c1-25-10-7-13-17-15(12-5-4-8-21(13)11-12)16(19(22)23)18(26-17)20-14-6-2-3-9-24-14/h12-14,20H,2-11H2,1H3,(H,22,23). The summed E-state index contributed by atoms with van der Waals surface area (Å²) in [5, 5.41) is 14.3. The van der Waals surface area contributed by atoms with Crippen LogP contribution in [0.4, 0.5) is 5.00 Å². The van der Waals surface area contributed by atoms with E-state index in [1.165, 1.54) is 11.3 Å².